The highest BCUT2D eigenvalue weighted by Crippen LogP contribution is 2.33. The number of rotatable bonds is 7. The zero-order valence-corrected chi connectivity index (χ0v) is 17.3. The smallest absolute Gasteiger partial charge is 0.327 e. The molecule has 0 saturated carbocycles. The van der Waals surface area contributed by atoms with E-state index in [1.165, 1.54) is 11.7 Å². The molecule has 7 nitrogen and oxygen atoms in total. The van der Waals surface area contributed by atoms with Crippen LogP contribution in [0.1, 0.15) is 18.5 Å². The lowest BCUT2D eigenvalue weighted by atomic mass is 10.1. The molecule has 1 atom stereocenters. The van der Waals surface area contributed by atoms with Crippen LogP contribution in [0.2, 0.25) is 5.02 Å². The van der Waals surface area contributed by atoms with Gasteiger partial charge < -0.3 is 14.5 Å². The second kappa shape index (κ2) is 7.89. The summed E-state index contributed by atoms with van der Waals surface area (Å²) in [5.41, 5.74) is 1.16. The lowest BCUT2D eigenvalue weighted by molar-refractivity contribution is 0.310. The number of H-pyrrole nitrogens is 1. The molecule has 0 amide bonds. The fraction of sp³-hybridized carbons (Fsp3) is 0.316. The third-order valence-corrected chi connectivity index (χ3v) is 5.58. The number of fused-ring (bicyclic) bond motifs is 1. The van der Waals surface area contributed by atoms with Crippen LogP contribution in [-0.4, -0.2) is 43.7 Å². The molecule has 0 bridgehead atoms. The molecule has 28 heavy (non-hydrogen) atoms. The number of aromatic nitrogens is 2. The number of methoxy groups -OCH3 is 1. The van der Waals surface area contributed by atoms with E-state index in [2.05, 4.69) is 4.98 Å². The van der Waals surface area contributed by atoms with Crippen LogP contribution in [0.25, 0.3) is 11.0 Å². The van der Waals surface area contributed by atoms with Gasteiger partial charge in [0.05, 0.1) is 41.6 Å². The highest BCUT2D eigenvalue weighted by atomic mass is 35.5. The van der Waals surface area contributed by atoms with Gasteiger partial charge in [-0.2, -0.15) is 0 Å². The molecule has 0 aliphatic carbocycles. The van der Waals surface area contributed by atoms with Crippen molar-refractivity contribution in [1.29, 1.82) is 0 Å². The van der Waals surface area contributed by atoms with Crippen molar-refractivity contribution < 1.29 is 17.9 Å². The number of aromatic amines is 1. The Hall–Kier alpha value is -2.45. The van der Waals surface area contributed by atoms with Crippen LogP contribution >= 0.6 is 11.6 Å². The SMILES string of the molecule is CCOc1cc([C@H](CS(C)(=O)=O)n2c(=O)[nH]c3c(Cl)cccc32)ccc1OC. The molecule has 3 aromatic rings. The first kappa shape index (κ1) is 20.3. The second-order valence-corrected chi connectivity index (χ2v) is 8.98. The number of sulfone groups is 1. The van der Waals surface area contributed by atoms with Crippen LogP contribution in [-0.2, 0) is 9.84 Å². The minimum atomic E-state index is -3.41. The summed E-state index contributed by atoms with van der Waals surface area (Å²) in [7, 11) is -1.89. The molecule has 1 heterocycles. The number of imidazole rings is 1. The maximum absolute atomic E-state index is 12.7. The van der Waals surface area contributed by atoms with Crippen molar-refractivity contribution in [2.24, 2.45) is 0 Å². The van der Waals surface area contributed by atoms with E-state index in [1.54, 1.807) is 36.4 Å². The Kier molecular flexibility index (Phi) is 5.71. The first-order valence-electron chi connectivity index (χ1n) is 8.62. The van der Waals surface area contributed by atoms with Crippen molar-refractivity contribution in [3.63, 3.8) is 0 Å². The van der Waals surface area contributed by atoms with Gasteiger partial charge in [0, 0.05) is 6.26 Å². The summed E-state index contributed by atoms with van der Waals surface area (Å²) < 4.78 is 36.6. The van der Waals surface area contributed by atoms with Crippen LogP contribution < -0.4 is 15.2 Å². The highest BCUT2D eigenvalue weighted by Gasteiger charge is 2.25. The summed E-state index contributed by atoms with van der Waals surface area (Å²) in [5, 5.41) is 0.385. The molecule has 0 aliphatic heterocycles. The number of hydrogen-bond donors (Lipinski definition) is 1. The first-order valence-corrected chi connectivity index (χ1v) is 11.1. The summed E-state index contributed by atoms with van der Waals surface area (Å²) in [6.45, 7) is 2.26. The van der Waals surface area contributed by atoms with E-state index in [4.69, 9.17) is 21.1 Å². The number of ether oxygens (including phenoxy) is 2. The van der Waals surface area contributed by atoms with Crippen molar-refractivity contribution in [2.45, 2.75) is 13.0 Å². The average molecular weight is 425 g/mol. The molecule has 0 radical (unpaired) electrons. The normalized spacial score (nSPS) is 12.9. The quantitative estimate of drug-likeness (QED) is 0.629. The standard InChI is InChI=1S/C19H21ClN2O5S/c1-4-27-17-10-12(8-9-16(17)26-2)15(11-28(3,24)25)22-14-7-5-6-13(20)18(14)21-19(22)23/h5-10,15H,4,11H2,1-3H3,(H,21,23)/t15-/m0/s1. The van der Waals surface area contributed by atoms with Crippen LogP contribution in [0.3, 0.4) is 0 Å². The molecule has 150 valence electrons. The average Bonchev–Trinajstić information content (AvgIpc) is 2.96. The monoisotopic (exact) mass is 424 g/mol. The van der Waals surface area contributed by atoms with Crippen molar-refractivity contribution in [2.75, 3.05) is 25.7 Å². The third kappa shape index (κ3) is 4.02. The lowest BCUT2D eigenvalue weighted by Gasteiger charge is -2.20. The number of halogens is 1. The number of nitrogens with zero attached hydrogens (tertiary/aromatic N) is 1. The fourth-order valence-corrected chi connectivity index (χ4v) is 4.33. The zero-order chi connectivity index (χ0) is 20.5. The van der Waals surface area contributed by atoms with Crippen LogP contribution in [0, 0.1) is 0 Å². The van der Waals surface area contributed by atoms with Gasteiger partial charge in [0.2, 0.25) is 0 Å². The highest BCUT2D eigenvalue weighted by molar-refractivity contribution is 7.90. The van der Waals surface area contributed by atoms with E-state index in [-0.39, 0.29) is 5.75 Å². The topological polar surface area (TPSA) is 90.4 Å². The van der Waals surface area contributed by atoms with Crippen molar-refractivity contribution in [3.8, 4) is 11.5 Å². The van der Waals surface area contributed by atoms with Gasteiger partial charge in [-0.15, -0.1) is 0 Å². The minimum absolute atomic E-state index is 0.260. The second-order valence-electron chi connectivity index (χ2n) is 6.39. The van der Waals surface area contributed by atoms with E-state index in [9.17, 15) is 13.2 Å². The number of benzene rings is 2. The fourth-order valence-electron chi connectivity index (χ4n) is 3.20. The van der Waals surface area contributed by atoms with E-state index in [1.807, 2.05) is 6.92 Å². The maximum Gasteiger partial charge on any atom is 0.327 e. The van der Waals surface area contributed by atoms with E-state index in [0.717, 1.165) is 6.26 Å². The Morgan fingerprint density at radius 3 is 2.61 bits per heavy atom. The van der Waals surface area contributed by atoms with Crippen molar-refractivity contribution >= 4 is 32.5 Å². The molecule has 0 spiro atoms. The largest absolute Gasteiger partial charge is 0.493 e. The summed E-state index contributed by atoms with van der Waals surface area (Å²) in [4.78, 5) is 15.4. The zero-order valence-electron chi connectivity index (χ0n) is 15.7. The summed E-state index contributed by atoms with van der Waals surface area (Å²) >= 11 is 6.19. The van der Waals surface area contributed by atoms with Gasteiger partial charge >= 0.3 is 5.69 Å². The molecule has 0 saturated heterocycles. The molecule has 9 heteroatoms. The van der Waals surface area contributed by atoms with Gasteiger partial charge in [-0.1, -0.05) is 23.7 Å². The van der Waals surface area contributed by atoms with E-state index in [0.29, 0.717) is 39.7 Å². The lowest BCUT2D eigenvalue weighted by Crippen LogP contribution is -2.28. The molecule has 1 N–H and O–H groups in total. The number of para-hydroxylation sites is 1. The number of hydrogen-bond acceptors (Lipinski definition) is 5. The maximum atomic E-state index is 12.7. The molecule has 0 aliphatic rings. The predicted molar refractivity (Wildman–Crippen MR) is 110 cm³/mol. The van der Waals surface area contributed by atoms with Crippen molar-refractivity contribution in [1.82, 2.24) is 9.55 Å². The van der Waals surface area contributed by atoms with Crippen LogP contribution in [0.4, 0.5) is 0 Å². The molecule has 1 aromatic heterocycles. The number of nitrogens with one attached hydrogen (secondary N) is 1. The van der Waals surface area contributed by atoms with Gasteiger partial charge in [-0.05, 0) is 36.8 Å². The summed E-state index contributed by atoms with van der Waals surface area (Å²) in [5.74, 6) is 0.745. The Morgan fingerprint density at radius 2 is 1.96 bits per heavy atom. The van der Waals surface area contributed by atoms with Gasteiger partial charge in [-0.3, -0.25) is 4.57 Å². The predicted octanol–water partition coefficient (Wildman–Crippen LogP) is 3.02. The van der Waals surface area contributed by atoms with Gasteiger partial charge in [-0.25, -0.2) is 13.2 Å². The molecular weight excluding hydrogens is 404 g/mol. The third-order valence-electron chi connectivity index (χ3n) is 4.35. The van der Waals surface area contributed by atoms with E-state index >= 15 is 0 Å². The van der Waals surface area contributed by atoms with E-state index < -0.39 is 21.6 Å². The summed E-state index contributed by atoms with van der Waals surface area (Å²) in [6.07, 6.45) is 1.14. The van der Waals surface area contributed by atoms with Gasteiger partial charge in [0.25, 0.3) is 0 Å². The van der Waals surface area contributed by atoms with Crippen molar-refractivity contribution in [3.05, 3.63) is 57.5 Å². The van der Waals surface area contributed by atoms with Crippen LogP contribution in [0.15, 0.2) is 41.2 Å². The summed E-state index contributed by atoms with van der Waals surface area (Å²) in [6, 6.07) is 9.46. The first-order chi connectivity index (χ1) is 13.2. The Morgan fingerprint density at radius 1 is 1.21 bits per heavy atom. The Bertz CT molecular complexity index is 1170. The van der Waals surface area contributed by atoms with Crippen LogP contribution in [0.5, 0.6) is 11.5 Å². The molecular formula is C19H21ClN2O5S. The molecule has 0 fully saturated rings. The van der Waals surface area contributed by atoms with Gasteiger partial charge in [0.1, 0.15) is 9.84 Å². The Balaban J connectivity index is 2.25. The molecule has 3 rings (SSSR count). The Labute approximate surface area is 167 Å². The van der Waals surface area contributed by atoms with Gasteiger partial charge in [0.15, 0.2) is 11.5 Å². The molecule has 0 unspecified atom stereocenters. The molecule has 2 aromatic carbocycles. The minimum Gasteiger partial charge on any atom is -0.493 e.